The quantitative estimate of drug-likeness (QED) is 0.433. The third-order valence-corrected chi connectivity index (χ3v) is 5.09. The number of hydrogen-bond donors (Lipinski definition) is 5. The van der Waals surface area contributed by atoms with Gasteiger partial charge in [-0.25, -0.2) is 4.79 Å². The maximum absolute atomic E-state index is 13.6. The lowest BCUT2D eigenvalue weighted by Crippen LogP contribution is -2.49. The molecule has 0 radical (unpaired) electrons. The molecule has 2 rings (SSSR count). The van der Waals surface area contributed by atoms with E-state index >= 15 is 0 Å². The normalized spacial score (nSPS) is 19.2. The Morgan fingerprint density at radius 1 is 1.31 bits per heavy atom. The summed E-state index contributed by atoms with van der Waals surface area (Å²) in [7, 11) is -5.67. The van der Waals surface area contributed by atoms with Gasteiger partial charge in [0.2, 0.25) is 5.91 Å². The summed E-state index contributed by atoms with van der Waals surface area (Å²) in [6.45, 7) is 0.672. The minimum atomic E-state index is -5.67. The van der Waals surface area contributed by atoms with Crippen molar-refractivity contribution >= 4 is 19.5 Å². The lowest BCUT2D eigenvalue weighted by atomic mass is 10.0. The minimum Gasteiger partial charge on any atom is -0.480 e. The molecule has 144 valence electrons. The molecule has 0 bridgehead atoms. The number of carbonyl (C=O) groups excluding carboxylic acids is 1. The number of carbonyl (C=O) groups is 2. The molecule has 26 heavy (non-hydrogen) atoms. The van der Waals surface area contributed by atoms with E-state index in [1.54, 1.807) is 0 Å². The molecule has 1 aromatic carbocycles. The summed E-state index contributed by atoms with van der Waals surface area (Å²) in [5.74, 6) is -1.72. The van der Waals surface area contributed by atoms with Crippen LogP contribution in [-0.2, 0) is 26.2 Å². The van der Waals surface area contributed by atoms with Crippen LogP contribution in [0.25, 0.3) is 0 Å². The standard InChI is InChI=1S/C15H19F2N2O6P/c16-15(17,26(23,24)25)10-5-3-9(4-6-10)8-12(14(21)22)19-13(20)11-2-1-7-18-11/h3-6,11-12,18H,1-2,7-8H2,(H,19,20)(H,21,22)(H2,23,24,25)/t11-,12-/m0/s1. The Kier molecular flexibility index (Phi) is 6.13. The maximum atomic E-state index is 13.6. The van der Waals surface area contributed by atoms with Crippen LogP contribution in [-0.4, -0.2) is 45.4 Å². The Morgan fingerprint density at radius 3 is 2.38 bits per heavy atom. The Balaban J connectivity index is 2.08. The summed E-state index contributed by atoms with van der Waals surface area (Å²) in [5.41, 5.74) is -4.89. The summed E-state index contributed by atoms with van der Waals surface area (Å²) in [6.07, 6.45) is 1.25. The van der Waals surface area contributed by atoms with Crippen molar-refractivity contribution in [2.75, 3.05) is 6.54 Å². The van der Waals surface area contributed by atoms with E-state index in [1.165, 1.54) is 0 Å². The first-order valence-electron chi connectivity index (χ1n) is 7.82. The van der Waals surface area contributed by atoms with Crippen LogP contribution in [0.1, 0.15) is 24.0 Å². The van der Waals surface area contributed by atoms with E-state index < -0.39 is 42.8 Å². The molecule has 1 aliphatic rings. The number of halogens is 2. The third kappa shape index (κ3) is 4.64. The van der Waals surface area contributed by atoms with Gasteiger partial charge in [-0.2, -0.15) is 8.78 Å². The highest BCUT2D eigenvalue weighted by atomic mass is 31.2. The number of benzene rings is 1. The highest BCUT2D eigenvalue weighted by Gasteiger charge is 2.50. The number of amides is 1. The van der Waals surface area contributed by atoms with Crippen LogP contribution in [0.3, 0.4) is 0 Å². The second-order valence-electron chi connectivity index (χ2n) is 6.03. The Morgan fingerprint density at radius 2 is 1.92 bits per heavy atom. The van der Waals surface area contributed by atoms with Gasteiger partial charge in [0.05, 0.1) is 6.04 Å². The lowest BCUT2D eigenvalue weighted by Gasteiger charge is -2.19. The number of carboxylic acids is 1. The highest BCUT2D eigenvalue weighted by Crippen LogP contribution is 2.59. The summed E-state index contributed by atoms with van der Waals surface area (Å²) >= 11 is 0. The van der Waals surface area contributed by atoms with Crippen molar-refractivity contribution in [3.05, 3.63) is 35.4 Å². The van der Waals surface area contributed by atoms with Gasteiger partial charge >= 0.3 is 19.2 Å². The number of rotatable bonds is 7. The van der Waals surface area contributed by atoms with Crippen LogP contribution in [0.15, 0.2) is 24.3 Å². The summed E-state index contributed by atoms with van der Waals surface area (Å²) in [4.78, 5) is 40.8. The number of hydrogen-bond acceptors (Lipinski definition) is 4. The van der Waals surface area contributed by atoms with Crippen molar-refractivity contribution in [1.82, 2.24) is 10.6 Å². The molecule has 0 saturated carbocycles. The molecule has 1 saturated heterocycles. The summed E-state index contributed by atoms with van der Waals surface area (Å²) < 4.78 is 38.1. The molecule has 5 N–H and O–H groups in total. The zero-order chi connectivity index (χ0) is 19.5. The van der Waals surface area contributed by atoms with Gasteiger partial charge in [0, 0.05) is 12.0 Å². The largest absolute Gasteiger partial charge is 0.480 e. The third-order valence-electron chi connectivity index (χ3n) is 4.10. The van der Waals surface area contributed by atoms with Crippen LogP contribution >= 0.6 is 7.60 Å². The predicted molar refractivity (Wildman–Crippen MR) is 86.7 cm³/mol. The molecule has 8 nitrogen and oxygen atoms in total. The topological polar surface area (TPSA) is 136 Å². The molecule has 2 atom stereocenters. The fraction of sp³-hybridized carbons (Fsp3) is 0.467. The summed E-state index contributed by atoms with van der Waals surface area (Å²) in [5, 5.41) is 14.6. The first kappa shape index (κ1) is 20.4. The van der Waals surface area contributed by atoms with Crippen molar-refractivity contribution in [3.8, 4) is 0 Å². The van der Waals surface area contributed by atoms with E-state index in [-0.39, 0.29) is 6.42 Å². The fourth-order valence-electron chi connectivity index (χ4n) is 2.63. The second-order valence-corrected chi connectivity index (χ2v) is 7.68. The van der Waals surface area contributed by atoms with Crippen molar-refractivity contribution in [3.63, 3.8) is 0 Å². The molecule has 1 aliphatic heterocycles. The molecular formula is C15H19F2N2O6P. The molecule has 0 aromatic heterocycles. The van der Waals surface area contributed by atoms with E-state index in [2.05, 4.69) is 10.6 Å². The van der Waals surface area contributed by atoms with E-state index in [0.717, 1.165) is 30.7 Å². The molecule has 1 amide bonds. The Labute approximate surface area is 147 Å². The molecule has 0 aliphatic carbocycles. The Hall–Kier alpha value is -1.87. The number of aliphatic carboxylic acids is 1. The summed E-state index contributed by atoms with van der Waals surface area (Å²) in [6, 6.07) is 2.24. The lowest BCUT2D eigenvalue weighted by molar-refractivity contribution is -0.142. The van der Waals surface area contributed by atoms with Crippen molar-refractivity contribution in [2.45, 2.75) is 37.0 Å². The Bertz CT molecular complexity index is 715. The van der Waals surface area contributed by atoms with Crippen LogP contribution in [0, 0.1) is 0 Å². The van der Waals surface area contributed by atoms with Gasteiger partial charge in [0.1, 0.15) is 6.04 Å². The van der Waals surface area contributed by atoms with E-state index in [9.17, 15) is 28.0 Å². The first-order valence-corrected chi connectivity index (χ1v) is 9.43. The second kappa shape index (κ2) is 7.79. The van der Waals surface area contributed by atoms with Crippen LogP contribution < -0.4 is 10.6 Å². The van der Waals surface area contributed by atoms with Gasteiger partial charge in [-0.15, -0.1) is 0 Å². The molecule has 11 heteroatoms. The van der Waals surface area contributed by atoms with Crippen LogP contribution in [0.5, 0.6) is 0 Å². The van der Waals surface area contributed by atoms with E-state index in [4.69, 9.17) is 9.79 Å². The highest BCUT2D eigenvalue weighted by molar-refractivity contribution is 7.52. The molecule has 0 unspecified atom stereocenters. The van der Waals surface area contributed by atoms with Crippen molar-refractivity contribution in [1.29, 1.82) is 0 Å². The molecule has 1 aromatic rings. The molecule has 1 fully saturated rings. The first-order chi connectivity index (χ1) is 12.0. The van der Waals surface area contributed by atoms with Gasteiger partial charge in [-0.05, 0) is 24.9 Å². The number of nitrogens with one attached hydrogen (secondary N) is 2. The SMILES string of the molecule is O=C(O)[C@H](Cc1ccc(C(F)(F)P(=O)(O)O)cc1)NC(=O)[C@@H]1CCCN1. The van der Waals surface area contributed by atoms with Gasteiger partial charge < -0.3 is 25.5 Å². The van der Waals surface area contributed by atoms with Crippen molar-refractivity contribution in [2.24, 2.45) is 0 Å². The number of alkyl halides is 2. The van der Waals surface area contributed by atoms with Gasteiger partial charge in [-0.1, -0.05) is 24.3 Å². The van der Waals surface area contributed by atoms with Crippen LogP contribution in [0.2, 0.25) is 0 Å². The zero-order valence-electron chi connectivity index (χ0n) is 13.6. The van der Waals surface area contributed by atoms with Gasteiger partial charge in [-0.3, -0.25) is 9.36 Å². The van der Waals surface area contributed by atoms with Gasteiger partial charge in [0.25, 0.3) is 0 Å². The molecule has 1 heterocycles. The monoisotopic (exact) mass is 392 g/mol. The van der Waals surface area contributed by atoms with Gasteiger partial charge in [0.15, 0.2) is 0 Å². The van der Waals surface area contributed by atoms with Crippen LogP contribution in [0.4, 0.5) is 8.78 Å². The smallest absolute Gasteiger partial charge is 0.399 e. The number of carboxylic acid groups (broad SMARTS) is 1. The van der Waals surface area contributed by atoms with E-state index in [1.807, 2.05) is 0 Å². The van der Waals surface area contributed by atoms with E-state index in [0.29, 0.717) is 18.5 Å². The molecular weight excluding hydrogens is 373 g/mol. The zero-order valence-corrected chi connectivity index (χ0v) is 14.5. The minimum absolute atomic E-state index is 0.157. The average molecular weight is 392 g/mol. The predicted octanol–water partition coefficient (Wildman–Crippen LogP) is 0.778. The molecule has 0 spiro atoms. The van der Waals surface area contributed by atoms with Crippen molar-refractivity contribution < 1.29 is 37.8 Å². The fourth-order valence-corrected chi connectivity index (χ4v) is 3.11. The maximum Gasteiger partial charge on any atom is 0.399 e. The average Bonchev–Trinajstić information content (AvgIpc) is 3.08.